The third-order valence-electron chi connectivity index (χ3n) is 3.86. The Kier molecular flexibility index (Phi) is 3.14. The summed E-state index contributed by atoms with van der Waals surface area (Å²) < 4.78 is 7.63. The second-order valence-electron chi connectivity index (χ2n) is 5.56. The van der Waals surface area contributed by atoms with E-state index >= 15 is 0 Å². The van der Waals surface area contributed by atoms with Crippen molar-refractivity contribution in [1.82, 2.24) is 14.8 Å². The summed E-state index contributed by atoms with van der Waals surface area (Å²) in [5.74, 6) is 3.60. The molecule has 1 saturated heterocycles. The molecule has 3 rings (SSSR count). The summed E-state index contributed by atoms with van der Waals surface area (Å²) in [7, 11) is 0. The van der Waals surface area contributed by atoms with Gasteiger partial charge in [-0.2, -0.15) is 5.10 Å². The largest absolute Gasteiger partial charge is 0.381 e. The molecule has 1 aromatic heterocycles. The number of fused-ring (bicyclic) bond motifs is 1. The van der Waals surface area contributed by atoms with E-state index in [-0.39, 0.29) is 0 Å². The average Bonchev–Trinajstić information content (AvgIpc) is 2.71. The first-order valence-electron chi connectivity index (χ1n) is 6.81. The molecule has 0 N–H and O–H groups in total. The van der Waals surface area contributed by atoms with Crippen molar-refractivity contribution >= 4 is 0 Å². The standard InChI is InChI=1S/C13H21N3O/c1-10-4-5-13-14-12(15-16(13)8-10)7-11-3-2-6-17-9-11/h10-11H,2-9H2,1H3. The Bertz CT molecular complexity index is 382. The molecule has 1 fully saturated rings. The van der Waals surface area contributed by atoms with Crippen molar-refractivity contribution in [2.75, 3.05) is 13.2 Å². The topological polar surface area (TPSA) is 39.9 Å². The monoisotopic (exact) mass is 235 g/mol. The molecule has 1 aromatic rings. The molecule has 0 saturated carbocycles. The second kappa shape index (κ2) is 4.77. The van der Waals surface area contributed by atoms with Gasteiger partial charge in [0.25, 0.3) is 0 Å². The van der Waals surface area contributed by atoms with Gasteiger partial charge in [-0.3, -0.25) is 0 Å². The van der Waals surface area contributed by atoms with Crippen LogP contribution in [0.2, 0.25) is 0 Å². The zero-order valence-corrected chi connectivity index (χ0v) is 10.6. The van der Waals surface area contributed by atoms with Crippen LogP contribution in [0, 0.1) is 11.8 Å². The summed E-state index contributed by atoms with van der Waals surface area (Å²) in [5, 5.41) is 4.65. The fourth-order valence-electron chi connectivity index (χ4n) is 2.83. The molecule has 4 nitrogen and oxygen atoms in total. The highest BCUT2D eigenvalue weighted by Crippen LogP contribution is 2.21. The molecule has 0 amide bonds. The second-order valence-corrected chi connectivity index (χ2v) is 5.56. The molecule has 0 spiro atoms. The van der Waals surface area contributed by atoms with Crippen LogP contribution in [0.3, 0.4) is 0 Å². The van der Waals surface area contributed by atoms with Crippen molar-refractivity contribution in [3.63, 3.8) is 0 Å². The van der Waals surface area contributed by atoms with Crippen LogP contribution in [0.4, 0.5) is 0 Å². The Morgan fingerprint density at radius 3 is 3.18 bits per heavy atom. The highest BCUT2D eigenvalue weighted by atomic mass is 16.5. The number of nitrogens with zero attached hydrogens (tertiary/aromatic N) is 3. The van der Waals surface area contributed by atoms with Gasteiger partial charge in [-0.15, -0.1) is 0 Å². The van der Waals surface area contributed by atoms with Gasteiger partial charge in [-0.05, 0) is 31.1 Å². The highest BCUT2D eigenvalue weighted by Gasteiger charge is 2.21. The molecular formula is C13H21N3O. The summed E-state index contributed by atoms with van der Waals surface area (Å²) >= 11 is 0. The lowest BCUT2D eigenvalue weighted by atomic mass is 9.98. The molecular weight excluding hydrogens is 214 g/mol. The minimum Gasteiger partial charge on any atom is -0.381 e. The molecule has 0 radical (unpaired) electrons. The number of aryl methyl sites for hydroxylation is 1. The van der Waals surface area contributed by atoms with Crippen LogP contribution in [0.15, 0.2) is 0 Å². The Morgan fingerprint density at radius 1 is 1.41 bits per heavy atom. The minimum absolute atomic E-state index is 0.630. The maximum absolute atomic E-state index is 5.51. The van der Waals surface area contributed by atoms with Gasteiger partial charge in [-0.25, -0.2) is 9.67 Å². The molecule has 0 aromatic carbocycles. The smallest absolute Gasteiger partial charge is 0.151 e. The van der Waals surface area contributed by atoms with E-state index in [1.165, 1.54) is 25.1 Å². The zero-order valence-electron chi connectivity index (χ0n) is 10.6. The summed E-state index contributed by atoms with van der Waals surface area (Å²) in [6.07, 6.45) is 5.80. The van der Waals surface area contributed by atoms with Crippen LogP contribution >= 0.6 is 0 Å². The first-order chi connectivity index (χ1) is 8.31. The summed E-state index contributed by atoms with van der Waals surface area (Å²) in [5.41, 5.74) is 0. The summed E-state index contributed by atoms with van der Waals surface area (Å²) in [6, 6.07) is 0. The number of hydrogen-bond acceptors (Lipinski definition) is 3. The average molecular weight is 235 g/mol. The number of aromatic nitrogens is 3. The van der Waals surface area contributed by atoms with Crippen LogP contribution in [0.25, 0.3) is 0 Å². The van der Waals surface area contributed by atoms with Gasteiger partial charge in [0.2, 0.25) is 0 Å². The van der Waals surface area contributed by atoms with Gasteiger partial charge < -0.3 is 4.74 Å². The van der Waals surface area contributed by atoms with Crippen molar-refractivity contribution < 1.29 is 4.74 Å². The zero-order chi connectivity index (χ0) is 11.7. The van der Waals surface area contributed by atoms with Gasteiger partial charge in [0.05, 0.1) is 0 Å². The van der Waals surface area contributed by atoms with Gasteiger partial charge in [-0.1, -0.05) is 6.92 Å². The van der Waals surface area contributed by atoms with Crippen molar-refractivity contribution in [2.45, 2.75) is 45.6 Å². The van der Waals surface area contributed by atoms with E-state index < -0.39 is 0 Å². The van der Waals surface area contributed by atoms with E-state index in [0.29, 0.717) is 5.92 Å². The van der Waals surface area contributed by atoms with E-state index in [1.54, 1.807) is 0 Å². The lowest BCUT2D eigenvalue weighted by molar-refractivity contribution is 0.0543. The van der Waals surface area contributed by atoms with Gasteiger partial charge >= 0.3 is 0 Å². The molecule has 3 heterocycles. The van der Waals surface area contributed by atoms with Crippen molar-refractivity contribution in [3.05, 3.63) is 11.6 Å². The third kappa shape index (κ3) is 2.51. The normalized spacial score (nSPS) is 29.0. The molecule has 2 unspecified atom stereocenters. The molecule has 17 heavy (non-hydrogen) atoms. The van der Waals surface area contributed by atoms with Gasteiger partial charge in [0.1, 0.15) is 5.82 Å². The van der Waals surface area contributed by atoms with Crippen LogP contribution in [0.5, 0.6) is 0 Å². The van der Waals surface area contributed by atoms with E-state index in [9.17, 15) is 0 Å². The summed E-state index contributed by atoms with van der Waals surface area (Å²) in [4.78, 5) is 4.68. The van der Waals surface area contributed by atoms with Crippen LogP contribution < -0.4 is 0 Å². The van der Waals surface area contributed by atoms with Crippen LogP contribution in [-0.2, 0) is 24.1 Å². The van der Waals surface area contributed by atoms with E-state index in [2.05, 4.69) is 21.7 Å². The lowest BCUT2D eigenvalue weighted by Gasteiger charge is -2.20. The minimum atomic E-state index is 0.630. The molecule has 2 aliphatic heterocycles. The maximum atomic E-state index is 5.51. The van der Waals surface area contributed by atoms with Crippen molar-refractivity contribution in [3.8, 4) is 0 Å². The van der Waals surface area contributed by atoms with E-state index in [0.717, 1.165) is 44.3 Å². The fraction of sp³-hybridized carbons (Fsp3) is 0.846. The molecule has 94 valence electrons. The third-order valence-corrected chi connectivity index (χ3v) is 3.86. The van der Waals surface area contributed by atoms with Crippen molar-refractivity contribution in [1.29, 1.82) is 0 Å². The molecule has 2 atom stereocenters. The highest BCUT2D eigenvalue weighted by molar-refractivity contribution is 4.97. The Balaban J connectivity index is 1.67. The molecule has 2 aliphatic rings. The Hall–Kier alpha value is -0.900. The van der Waals surface area contributed by atoms with Gasteiger partial charge in [0, 0.05) is 32.6 Å². The quantitative estimate of drug-likeness (QED) is 0.785. The van der Waals surface area contributed by atoms with Crippen LogP contribution in [0.1, 0.15) is 37.8 Å². The Labute approximate surface area is 102 Å². The summed E-state index contributed by atoms with van der Waals surface area (Å²) in [6.45, 7) is 5.16. The van der Waals surface area contributed by atoms with Gasteiger partial charge in [0.15, 0.2) is 5.82 Å². The fourth-order valence-corrected chi connectivity index (χ4v) is 2.83. The number of hydrogen-bond donors (Lipinski definition) is 0. The number of rotatable bonds is 2. The molecule has 4 heteroatoms. The SMILES string of the molecule is CC1CCc2nc(CC3CCCOC3)nn2C1. The van der Waals surface area contributed by atoms with Crippen molar-refractivity contribution in [2.24, 2.45) is 11.8 Å². The first-order valence-corrected chi connectivity index (χ1v) is 6.81. The number of ether oxygens (including phenoxy) is 1. The maximum Gasteiger partial charge on any atom is 0.151 e. The molecule has 0 bridgehead atoms. The first kappa shape index (κ1) is 11.2. The van der Waals surface area contributed by atoms with E-state index in [4.69, 9.17) is 4.74 Å². The predicted octanol–water partition coefficient (Wildman–Crippen LogP) is 1.83. The van der Waals surface area contributed by atoms with Crippen LogP contribution in [-0.4, -0.2) is 28.0 Å². The lowest BCUT2D eigenvalue weighted by Crippen LogP contribution is -2.20. The predicted molar refractivity (Wildman–Crippen MR) is 64.8 cm³/mol. The Morgan fingerprint density at radius 2 is 2.35 bits per heavy atom. The molecule has 0 aliphatic carbocycles. The van der Waals surface area contributed by atoms with E-state index in [1.807, 2.05) is 0 Å².